The van der Waals surface area contributed by atoms with Crippen molar-refractivity contribution in [2.45, 2.75) is 39.0 Å². The van der Waals surface area contributed by atoms with Crippen LogP contribution in [0, 0.1) is 5.92 Å². The van der Waals surface area contributed by atoms with Gasteiger partial charge in [0.05, 0.1) is 6.61 Å². The van der Waals surface area contributed by atoms with E-state index < -0.39 is 0 Å². The van der Waals surface area contributed by atoms with Crippen molar-refractivity contribution in [3.8, 4) is 11.5 Å². The smallest absolute Gasteiger partial charge is 0.161 e. The molecule has 2 heteroatoms. The zero-order valence-corrected chi connectivity index (χ0v) is 13.5. The second-order valence-corrected chi connectivity index (χ2v) is 6.07. The summed E-state index contributed by atoms with van der Waals surface area (Å²) in [5, 5.41) is 9.86. The zero-order valence-electron chi connectivity index (χ0n) is 13.5. The molecular weight excluding hydrogens is 272 g/mol. The molecule has 1 atom stereocenters. The Bertz CT molecular complexity index is 569. The van der Waals surface area contributed by atoms with Gasteiger partial charge in [0, 0.05) is 6.42 Å². The Kier molecular flexibility index (Phi) is 5.88. The van der Waals surface area contributed by atoms with Crippen LogP contribution in [-0.4, -0.2) is 11.7 Å². The van der Waals surface area contributed by atoms with Gasteiger partial charge in [0.1, 0.15) is 0 Å². The van der Waals surface area contributed by atoms with Crippen LogP contribution in [0.2, 0.25) is 0 Å². The number of ether oxygens (including phenoxy) is 1. The van der Waals surface area contributed by atoms with Gasteiger partial charge in [0.15, 0.2) is 11.5 Å². The standard InChI is InChI=1S/C20H26O2/c1-4-5-17-8-11-19(21)20(14-17)22-13-12-16-6-9-18(10-7-16)15(2)3/h4,6,8,11,14,18,21H,1-2,5,7,9-10,12-13H2,3H3. The Labute approximate surface area is 133 Å². The Morgan fingerprint density at radius 1 is 1.45 bits per heavy atom. The molecule has 0 fully saturated rings. The molecule has 0 aliphatic heterocycles. The zero-order chi connectivity index (χ0) is 15.9. The molecule has 0 saturated carbocycles. The fraction of sp³-hybridized carbons (Fsp3) is 0.400. The minimum atomic E-state index is 0.202. The number of allylic oxidation sites excluding steroid dienone is 3. The van der Waals surface area contributed by atoms with Gasteiger partial charge in [0.2, 0.25) is 0 Å². The molecule has 0 bridgehead atoms. The van der Waals surface area contributed by atoms with Gasteiger partial charge in [-0.2, -0.15) is 0 Å². The molecule has 1 N–H and O–H groups in total. The highest BCUT2D eigenvalue weighted by Gasteiger charge is 2.14. The first-order valence-corrected chi connectivity index (χ1v) is 7.99. The summed E-state index contributed by atoms with van der Waals surface area (Å²) in [5.74, 6) is 1.41. The van der Waals surface area contributed by atoms with Crippen molar-refractivity contribution in [3.05, 3.63) is 60.2 Å². The predicted octanol–water partition coefficient (Wildman–Crippen LogP) is 5.19. The first kappa shape index (κ1) is 16.4. The molecule has 1 unspecified atom stereocenters. The largest absolute Gasteiger partial charge is 0.504 e. The fourth-order valence-corrected chi connectivity index (χ4v) is 2.82. The van der Waals surface area contributed by atoms with Crippen molar-refractivity contribution in [1.29, 1.82) is 0 Å². The lowest BCUT2D eigenvalue weighted by Crippen LogP contribution is -2.08. The number of phenolic OH excluding ortho intramolecular Hbond substituents is 1. The third-order valence-electron chi connectivity index (χ3n) is 4.29. The van der Waals surface area contributed by atoms with Crippen molar-refractivity contribution < 1.29 is 9.84 Å². The van der Waals surface area contributed by atoms with Gasteiger partial charge in [-0.3, -0.25) is 0 Å². The second kappa shape index (κ2) is 7.88. The molecule has 2 nitrogen and oxygen atoms in total. The summed E-state index contributed by atoms with van der Waals surface area (Å²) in [6, 6.07) is 5.47. The lowest BCUT2D eigenvalue weighted by atomic mass is 9.85. The first-order valence-electron chi connectivity index (χ1n) is 7.99. The van der Waals surface area contributed by atoms with E-state index in [1.54, 1.807) is 6.07 Å². The van der Waals surface area contributed by atoms with E-state index in [4.69, 9.17) is 4.74 Å². The predicted molar refractivity (Wildman–Crippen MR) is 92.4 cm³/mol. The highest BCUT2D eigenvalue weighted by Crippen LogP contribution is 2.31. The van der Waals surface area contributed by atoms with Crippen LogP contribution in [0.1, 0.15) is 38.2 Å². The first-order chi connectivity index (χ1) is 10.6. The molecule has 0 amide bonds. The van der Waals surface area contributed by atoms with E-state index in [2.05, 4.69) is 26.2 Å². The van der Waals surface area contributed by atoms with E-state index in [1.807, 2.05) is 18.2 Å². The topological polar surface area (TPSA) is 29.5 Å². The van der Waals surface area contributed by atoms with Crippen LogP contribution >= 0.6 is 0 Å². The molecule has 2 rings (SSSR count). The molecule has 1 aromatic rings. The summed E-state index contributed by atoms with van der Waals surface area (Å²) in [6.07, 6.45) is 9.31. The third kappa shape index (κ3) is 4.52. The summed E-state index contributed by atoms with van der Waals surface area (Å²) in [6.45, 7) is 10.5. The molecule has 0 heterocycles. The van der Waals surface area contributed by atoms with Crippen molar-refractivity contribution in [3.63, 3.8) is 0 Å². The quantitative estimate of drug-likeness (QED) is 0.702. The van der Waals surface area contributed by atoms with Crippen LogP contribution in [-0.2, 0) is 6.42 Å². The Morgan fingerprint density at radius 3 is 2.91 bits per heavy atom. The maximum Gasteiger partial charge on any atom is 0.161 e. The highest BCUT2D eigenvalue weighted by atomic mass is 16.5. The summed E-state index contributed by atoms with van der Waals surface area (Å²) in [4.78, 5) is 0. The minimum Gasteiger partial charge on any atom is -0.504 e. The summed E-state index contributed by atoms with van der Waals surface area (Å²) in [5.41, 5.74) is 3.85. The normalized spacial score (nSPS) is 17.7. The van der Waals surface area contributed by atoms with Gasteiger partial charge >= 0.3 is 0 Å². The molecule has 0 aromatic heterocycles. The SMILES string of the molecule is C=CCc1ccc(O)c(OCCC2=CCC(C(=C)C)CC2)c1. The van der Waals surface area contributed by atoms with Crippen LogP contribution in [0.25, 0.3) is 0 Å². The monoisotopic (exact) mass is 298 g/mol. The van der Waals surface area contributed by atoms with Crippen LogP contribution < -0.4 is 4.74 Å². The number of hydrogen-bond donors (Lipinski definition) is 1. The Morgan fingerprint density at radius 2 is 2.27 bits per heavy atom. The van der Waals surface area contributed by atoms with Gasteiger partial charge in [-0.05, 0) is 56.2 Å². The van der Waals surface area contributed by atoms with E-state index in [1.165, 1.54) is 17.6 Å². The van der Waals surface area contributed by atoms with Gasteiger partial charge in [-0.15, -0.1) is 6.58 Å². The molecule has 22 heavy (non-hydrogen) atoms. The number of hydrogen-bond acceptors (Lipinski definition) is 2. The lowest BCUT2D eigenvalue weighted by molar-refractivity contribution is 0.299. The van der Waals surface area contributed by atoms with Crippen LogP contribution in [0.15, 0.2) is 54.7 Å². The molecular formula is C20H26O2. The van der Waals surface area contributed by atoms with Crippen molar-refractivity contribution in [1.82, 2.24) is 0 Å². The summed E-state index contributed by atoms with van der Waals surface area (Å²) in [7, 11) is 0. The molecule has 0 spiro atoms. The number of rotatable bonds is 7. The van der Waals surface area contributed by atoms with Gasteiger partial charge in [-0.1, -0.05) is 35.9 Å². The molecule has 1 aliphatic rings. The average molecular weight is 298 g/mol. The average Bonchev–Trinajstić information content (AvgIpc) is 2.51. The van der Waals surface area contributed by atoms with E-state index in [0.717, 1.165) is 31.2 Å². The second-order valence-electron chi connectivity index (χ2n) is 6.07. The molecule has 1 aliphatic carbocycles. The maximum absolute atomic E-state index is 9.86. The fourth-order valence-electron chi connectivity index (χ4n) is 2.82. The maximum atomic E-state index is 9.86. The van der Waals surface area contributed by atoms with Crippen LogP contribution in [0.5, 0.6) is 11.5 Å². The number of phenols is 1. The minimum absolute atomic E-state index is 0.202. The van der Waals surface area contributed by atoms with Crippen molar-refractivity contribution >= 4 is 0 Å². The van der Waals surface area contributed by atoms with E-state index >= 15 is 0 Å². The van der Waals surface area contributed by atoms with Crippen LogP contribution in [0.3, 0.4) is 0 Å². The Hall–Kier alpha value is -1.96. The molecule has 1 aromatic carbocycles. The van der Waals surface area contributed by atoms with Gasteiger partial charge in [-0.25, -0.2) is 0 Å². The molecule has 118 valence electrons. The highest BCUT2D eigenvalue weighted by molar-refractivity contribution is 5.42. The van der Waals surface area contributed by atoms with Gasteiger partial charge < -0.3 is 9.84 Å². The van der Waals surface area contributed by atoms with E-state index in [-0.39, 0.29) is 5.75 Å². The van der Waals surface area contributed by atoms with Crippen LogP contribution in [0.4, 0.5) is 0 Å². The van der Waals surface area contributed by atoms with E-state index in [9.17, 15) is 5.11 Å². The van der Waals surface area contributed by atoms with Crippen molar-refractivity contribution in [2.24, 2.45) is 5.92 Å². The van der Waals surface area contributed by atoms with E-state index in [0.29, 0.717) is 18.3 Å². The summed E-state index contributed by atoms with van der Waals surface area (Å²) < 4.78 is 5.76. The van der Waals surface area contributed by atoms with Crippen molar-refractivity contribution in [2.75, 3.05) is 6.61 Å². The molecule has 0 radical (unpaired) electrons. The lowest BCUT2D eigenvalue weighted by Gasteiger charge is -2.22. The summed E-state index contributed by atoms with van der Waals surface area (Å²) >= 11 is 0. The third-order valence-corrected chi connectivity index (χ3v) is 4.29. The van der Waals surface area contributed by atoms with Gasteiger partial charge in [0.25, 0.3) is 0 Å². The molecule has 0 saturated heterocycles. The Balaban J connectivity index is 1.85. The number of aromatic hydroxyl groups is 1. The number of benzene rings is 1.